The lowest BCUT2D eigenvalue weighted by atomic mass is 9.94. The standard InChI is InChI=1S/C25H30N6O2/c1-17(11-23-29-28-16-30(23)3)19-6-4-5-18(12-19)13-22(32)21-14-20(7-9-27-21)24(33)31-10-8-25(2,26)15-31/h4-7,9,12,14,16-17H,8,10-11,13,15,26H2,1-3H3/t17-,25-/m1/s1. The molecule has 33 heavy (non-hydrogen) atoms. The van der Waals surface area contributed by atoms with Gasteiger partial charge in [-0.1, -0.05) is 31.2 Å². The van der Waals surface area contributed by atoms with Gasteiger partial charge in [-0.05, 0) is 42.5 Å². The highest BCUT2D eigenvalue weighted by Gasteiger charge is 2.33. The van der Waals surface area contributed by atoms with Gasteiger partial charge >= 0.3 is 0 Å². The van der Waals surface area contributed by atoms with E-state index in [2.05, 4.69) is 34.2 Å². The SMILES string of the molecule is C[C@H](Cc1nncn1C)c1cccc(CC(=O)c2cc(C(=O)N3CC[C@@](C)(N)C3)ccn2)c1. The average molecular weight is 447 g/mol. The maximum atomic E-state index is 13.0. The first-order valence-electron chi connectivity index (χ1n) is 11.2. The van der Waals surface area contributed by atoms with Crippen molar-refractivity contribution in [2.45, 2.75) is 44.6 Å². The quantitative estimate of drug-likeness (QED) is 0.559. The second kappa shape index (κ2) is 9.23. The van der Waals surface area contributed by atoms with E-state index in [0.717, 1.165) is 29.8 Å². The van der Waals surface area contributed by atoms with Crippen LogP contribution in [0.4, 0.5) is 0 Å². The summed E-state index contributed by atoms with van der Waals surface area (Å²) in [6, 6.07) is 11.3. The van der Waals surface area contributed by atoms with Crippen LogP contribution in [0.25, 0.3) is 0 Å². The van der Waals surface area contributed by atoms with Crippen LogP contribution in [0.2, 0.25) is 0 Å². The van der Waals surface area contributed by atoms with Gasteiger partial charge in [0.1, 0.15) is 17.8 Å². The fourth-order valence-electron chi connectivity index (χ4n) is 4.23. The molecule has 1 aromatic carbocycles. The van der Waals surface area contributed by atoms with Crippen molar-refractivity contribution >= 4 is 11.7 Å². The number of amides is 1. The molecule has 8 nitrogen and oxygen atoms in total. The molecule has 0 unspecified atom stereocenters. The molecule has 1 aliphatic rings. The van der Waals surface area contributed by atoms with Gasteiger partial charge in [-0.25, -0.2) is 0 Å². The van der Waals surface area contributed by atoms with Gasteiger partial charge in [0.15, 0.2) is 5.78 Å². The van der Waals surface area contributed by atoms with Gasteiger partial charge in [0.05, 0.1) is 0 Å². The molecule has 0 radical (unpaired) electrons. The number of ketones is 1. The molecule has 0 spiro atoms. The Kier molecular flexibility index (Phi) is 6.37. The fraction of sp³-hybridized carbons (Fsp3) is 0.400. The predicted octanol–water partition coefficient (Wildman–Crippen LogP) is 2.54. The fourth-order valence-corrected chi connectivity index (χ4v) is 4.23. The number of likely N-dealkylation sites (tertiary alicyclic amines) is 1. The summed E-state index contributed by atoms with van der Waals surface area (Å²) in [5.74, 6) is 0.923. The minimum atomic E-state index is -0.365. The summed E-state index contributed by atoms with van der Waals surface area (Å²) in [6.45, 7) is 5.22. The number of nitrogens with zero attached hydrogens (tertiary/aromatic N) is 5. The summed E-state index contributed by atoms with van der Waals surface area (Å²) < 4.78 is 1.92. The number of carbonyl (C=O) groups excluding carboxylic acids is 2. The van der Waals surface area contributed by atoms with Crippen molar-refractivity contribution in [1.29, 1.82) is 0 Å². The van der Waals surface area contributed by atoms with Crippen LogP contribution in [0.3, 0.4) is 0 Å². The molecule has 3 heterocycles. The molecule has 0 bridgehead atoms. The largest absolute Gasteiger partial charge is 0.337 e. The Labute approximate surface area is 193 Å². The Balaban J connectivity index is 1.44. The zero-order valence-electron chi connectivity index (χ0n) is 19.4. The van der Waals surface area contributed by atoms with Crippen molar-refractivity contribution in [3.63, 3.8) is 0 Å². The van der Waals surface area contributed by atoms with E-state index in [4.69, 9.17) is 5.73 Å². The second-order valence-electron chi connectivity index (χ2n) is 9.37. The van der Waals surface area contributed by atoms with Crippen molar-refractivity contribution < 1.29 is 9.59 Å². The third-order valence-corrected chi connectivity index (χ3v) is 6.26. The second-order valence-corrected chi connectivity index (χ2v) is 9.37. The molecule has 4 rings (SSSR count). The number of aryl methyl sites for hydroxylation is 1. The molecule has 8 heteroatoms. The maximum absolute atomic E-state index is 13.0. The maximum Gasteiger partial charge on any atom is 0.254 e. The molecular weight excluding hydrogens is 416 g/mol. The van der Waals surface area contributed by atoms with Crippen LogP contribution in [0.1, 0.15) is 64.0 Å². The topological polar surface area (TPSA) is 107 Å². The first-order chi connectivity index (χ1) is 15.7. The van der Waals surface area contributed by atoms with Crippen LogP contribution in [0.15, 0.2) is 48.9 Å². The van der Waals surface area contributed by atoms with Crippen LogP contribution in [0.5, 0.6) is 0 Å². The number of pyridine rings is 1. The van der Waals surface area contributed by atoms with Gasteiger partial charge in [-0.15, -0.1) is 10.2 Å². The third-order valence-electron chi connectivity index (χ3n) is 6.26. The van der Waals surface area contributed by atoms with Gasteiger partial charge in [0.2, 0.25) is 0 Å². The number of hydrogen-bond donors (Lipinski definition) is 1. The highest BCUT2D eigenvalue weighted by atomic mass is 16.2. The van der Waals surface area contributed by atoms with Gasteiger partial charge in [-0.3, -0.25) is 14.6 Å². The number of nitrogens with two attached hydrogens (primary N) is 1. The zero-order valence-corrected chi connectivity index (χ0v) is 19.4. The van der Waals surface area contributed by atoms with E-state index in [-0.39, 0.29) is 29.6 Å². The number of carbonyl (C=O) groups is 2. The van der Waals surface area contributed by atoms with Crippen LogP contribution in [-0.4, -0.2) is 55.0 Å². The van der Waals surface area contributed by atoms with E-state index in [1.165, 1.54) is 6.20 Å². The average Bonchev–Trinajstić information content (AvgIpc) is 3.37. The molecule has 1 saturated heterocycles. The Morgan fingerprint density at radius 2 is 2.06 bits per heavy atom. The van der Waals surface area contributed by atoms with Crippen LogP contribution >= 0.6 is 0 Å². The summed E-state index contributed by atoms with van der Waals surface area (Å²) >= 11 is 0. The van der Waals surface area contributed by atoms with Gasteiger partial charge < -0.3 is 15.2 Å². The molecular formula is C25H30N6O2. The van der Waals surface area contributed by atoms with Crippen molar-refractivity contribution in [3.8, 4) is 0 Å². The summed E-state index contributed by atoms with van der Waals surface area (Å²) in [5.41, 5.74) is 8.62. The first-order valence-corrected chi connectivity index (χ1v) is 11.2. The molecule has 172 valence electrons. The Morgan fingerprint density at radius 3 is 2.76 bits per heavy atom. The Morgan fingerprint density at radius 1 is 1.24 bits per heavy atom. The van der Waals surface area contributed by atoms with E-state index in [0.29, 0.717) is 24.3 Å². The molecule has 3 aromatic rings. The van der Waals surface area contributed by atoms with Gasteiger partial charge in [-0.2, -0.15) is 0 Å². The van der Waals surface area contributed by atoms with E-state index >= 15 is 0 Å². The normalized spacial score (nSPS) is 19.0. The lowest BCUT2D eigenvalue weighted by Crippen LogP contribution is -2.40. The highest BCUT2D eigenvalue weighted by molar-refractivity contribution is 6.00. The molecule has 1 fully saturated rings. The molecule has 2 aromatic heterocycles. The molecule has 0 aliphatic carbocycles. The number of aromatic nitrogens is 4. The third kappa shape index (κ3) is 5.34. The van der Waals surface area contributed by atoms with Crippen LogP contribution in [-0.2, 0) is 19.9 Å². The number of benzene rings is 1. The number of rotatable bonds is 7. The van der Waals surface area contributed by atoms with Crippen molar-refractivity contribution in [2.75, 3.05) is 13.1 Å². The van der Waals surface area contributed by atoms with Crippen LogP contribution < -0.4 is 5.73 Å². The molecule has 0 saturated carbocycles. The van der Waals surface area contributed by atoms with E-state index in [9.17, 15) is 9.59 Å². The van der Waals surface area contributed by atoms with Crippen molar-refractivity contribution in [1.82, 2.24) is 24.6 Å². The van der Waals surface area contributed by atoms with E-state index in [1.807, 2.05) is 30.7 Å². The number of Topliss-reactive ketones (excluding diaryl/α,β-unsaturated/α-hetero) is 1. The molecule has 1 aliphatic heterocycles. The molecule has 2 atom stereocenters. The van der Waals surface area contributed by atoms with Crippen molar-refractivity contribution in [2.24, 2.45) is 12.8 Å². The Bertz CT molecular complexity index is 1170. The lowest BCUT2D eigenvalue weighted by molar-refractivity contribution is 0.0785. The van der Waals surface area contributed by atoms with Gasteiger partial charge in [0, 0.05) is 50.3 Å². The smallest absolute Gasteiger partial charge is 0.254 e. The molecule has 1 amide bonds. The predicted molar refractivity (Wildman–Crippen MR) is 125 cm³/mol. The lowest BCUT2D eigenvalue weighted by Gasteiger charge is -2.20. The summed E-state index contributed by atoms with van der Waals surface area (Å²) in [7, 11) is 1.93. The highest BCUT2D eigenvalue weighted by Crippen LogP contribution is 2.22. The van der Waals surface area contributed by atoms with Crippen LogP contribution in [0, 0.1) is 0 Å². The summed E-state index contributed by atoms with van der Waals surface area (Å²) in [6.07, 6.45) is 4.97. The minimum absolute atomic E-state index is 0.111. The van der Waals surface area contributed by atoms with E-state index in [1.54, 1.807) is 23.4 Å². The monoisotopic (exact) mass is 446 g/mol. The van der Waals surface area contributed by atoms with E-state index < -0.39 is 0 Å². The summed E-state index contributed by atoms with van der Waals surface area (Å²) in [4.78, 5) is 31.8. The van der Waals surface area contributed by atoms with Crippen molar-refractivity contribution in [3.05, 3.63) is 77.1 Å². The number of hydrogen-bond acceptors (Lipinski definition) is 6. The zero-order chi connectivity index (χ0) is 23.6. The molecule has 2 N–H and O–H groups in total. The minimum Gasteiger partial charge on any atom is -0.337 e. The van der Waals surface area contributed by atoms with Gasteiger partial charge in [0.25, 0.3) is 5.91 Å². The first kappa shape index (κ1) is 22.8. The summed E-state index contributed by atoms with van der Waals surface area (Å²) in [5, 5.41) is 8.10. The Hall–Kier alpha value is -3.39.